The van der Waals surface area contributed by atoms with Crippen molar-refractivity contribution in [2.45, 2.75) is 0 Å². The number of aliphatic imine (C=N–C) groups is 1. The summed E-state index contributed by atoms with van der Waals surface area (Å²) in [5, 5.41) is 11.2. The third kappa shape index (κ3) is 3.44. The molecule has 0 saturated carbocycles. The molecule has 0 aliphatic heterocycles. The number of rotatable bonds is 2. The number of nitrogens with zero attached hydrogens (tertiary/aromatic N) is 2. The first-order valence-electron chi connectivity index (χ1n) is 3.19. The number of carboxylic acids is 1. The zero-order valence-electron chi connectivity index (χ0n) is 6.96. The fourth-order valence-electron chi connectivity index (χ4n) is 0.751. The molecule has 0 aromatic carbocycles. The van der Waals surface area contributed by atoms with E-state index < -0.39 is 5.97 Å². The van der Waals surface area contributed by atoms with Gasteiger partial charge in [-0.3, -0.25) is 9.79 Å². The molecule has 0 saturated heterocycles. The number of guanidine groups is 1. The SMILES string of the molecule is CN=C(NC)N(C)CC(=O)O. The highest BCUT2D eigenvalue weighted by atomic mass is 16.4. The van der Waals surface area contributed by atoms with Crippen LogP contribution < -0.4 is 5.32 Å². The summed E-state index contributed by atoms with van der Waals surface area (Å²) in [5.74, 6) is -0.309. The van der Waals surface area contributed by atoms with Gasteiger partial charge < -0.3 is 15.3 Å². The lowest BCUT2D eigenvalue weighted by atomic mass is 10.6. The molecule has 0 aromatic rings. The second-order valence-electron chi connectivity index (χ2n) is 2.05. The number of aliphatic carboxylic acids is 1. The minimum absolute atomic E-state index is 0.0481. The summed E-state index contributed by atoms with van der Waals surface area (Å²) >= 11 is 0. The zero-order valence-corrected chi connectivity index (χ0v) is 6.96. The Balaban J connectivity index is 4.00. The monoisotopic (exact) mass is 159 g/mol. The van der Waals surface area contributed by atoms with Crippen LogP contribution in [-0.2, 0) is 4.79 Å². The summed E-state index contributed by atoms with van der Waals surface area (Å²) in [4.78, 5) is 15.6. The van der Waals surface area contributed by atoms with Gasteiger partial charge in [-0.25, -0.2) is 0 Å². The predicted molar refractivity (Wildman–Crippen MR) is 42.7 cm³/mol. The Kier molecular flexibility index (Phi) is 4.02. The fraction of sp³-hybridized carbons (Fsp3) is 0.667. The normalized spacial score (nSPS) is 11.0. The molecule has 0 unspecified atom stereocenters. The molecule has 0 bridgehead atoms. The smallest absolute Gasteiger partial charge is 0.323 e. The zero-order chi connectivity index (χ0) is 8.85. The van der Waals surface area contributed by atoms with Gasteiger partial charge in [0, 0.05) is 21.1 Å². The van der Waals surface area contributed by atoms with E-state index in [9.17, 15) is 4.79 Å². The molecule has 0 heterocycles. The third-order valence-corrected chi connectivity index (χ3v) is 1.17. The Hall–Kier alpha value is -1.26. The van der Waals surface area contributed by atoms with Crippen molar-refractivity contribution in [3.63, 3.8) is 0 Å². The van der Waals surface area contributed by atoms with Crippen molar-refractivity contribution < 1.29 is 9.90 Å². The lowest BCUT2D eigenvalue weighted by Crippen LogP contribution is -2.39. The molecule has 5 nitrogen and oxygen atoms in total. The van der Waals surface area contributed by atoms with E-state index in [2.05, 4.69) is 10.3 Å². The van der Waals surface area contributed by atoms with Gasteiger partial charge in [0.25, 0.3) is 0 Å². The van der Waals surface area contributed by atoms with Gasteiger partial charge in [-0.15, -0.1) is 0 Å². The van der Waals surface area contributed by atoms with Gasteiger partial charge in [0.2, 0.25) is 0 Å². The van der Waals surface area contributed by atoms with Crippen molar-refractivity contribution in [2.24, 2.45) is 4.99 Å². The largest absolute Gasteiger partial charge is 0.480 e. The highest BCUT2D eigenvalue weighted by Crippen LogP contribution is 1.82. The van der Waals surface area contributed by atoms with Crippen LogP contribution in [0.1, 0.15) is 0 Å². The van der Waals surface area contributed by atoms with Crippen LogP contribution in [0.3, 0.4) is 0 Å². The molecular formula is C6H13N3O2. The number of carboxylic acid groups (broad SMARTS) is 1. The Morgan fingerprint density at radius 2 is 2.27 bits per heavy atom. The number of hydrogen-bond donors (Lipinski definition) is 2. The number of carbonyl (C=O) groups is 1. The van der Waals surface area contributed by atoms with Crippen LogP contribution in [0.25, 0.3) is 0 Å². The molecule has 0 aliphatic carbocycles. The standard InChI is InChI=1S/C6H13N3O2/c1-7-6(8-2)9(3)4-5(10)11/h4H2,1-3H3,(H,7,8)(H,10,11). The number of nitrogens with one attached hydrogen (secondary N) is 1. The maximum absolute atomic E-state index is 10.2. The maximum Gasteiger partial charge on any atom is 0.323 e. The van der Waals surface area contributed by atoms with Gasteiger partial charge in [-0.05, 0) is 0 Å². The molecule has 0 atom stereocenters. The number of hydrogen-bond acceptors (Lipinski definition) is 2. The highest BCUT2D eigenvalue weighted by Gasteiger charge is 2.06. The van der Waals surface area contributed by atoms with Crippen molar-refractivity contribution in [1.29, 1.82) is 0 Å². The molecule has 64 valence electrons. The first kappa shape index (κ1) is 9.74. The maximum atomic E-state index is 10.2. The minimum atomic E-state index is -0.871. The van der Waals surface area contributed by atoms with Crippen molar-refractivity contribution >= 4 is 11.9 Å². The van der Waals surface area contributed by atoms with Crippen molar-refractivity contribution in [3.05, 3.63) is 0 Å². The van der Waals surface area contributed by atoms with Crippen molar-refractivity contribution in [1.82, 2.24) is 10.2 Å². The molecule has 0 radical (unpaired) electrons. The summed E-state index contributed by atoms with van der Waals surface area (Å²) in [7, 11) is 4.96. The van der Waals surface area contributed by atoms with Crippen molar-refractivity contribution in [3.8, 4) is 0 Å². The molecule has 0 amide bonds. The summed E-state index contributed by atoms with van der Waals surface area (Å²) in [6.07, 6.45) is 0. The minimum Gasteiger partial charge on any atom is -0.480 e. The molecule has 0 fully saturated rings. The van der Waals surface area contributed by atoms with Gasteiger partial charge >= 0.3 is 5.97 Å². The quantitative estimate of drug-likeness (QED) is 0.409. The third-order valence-electron chi connectivity index (χ3n) is 1.17. The van der Waals surface area contributed by atoms with Gasteiger partial charge in [0.05, 0.1) is 0 Å². The van der Waals surface area contributed by atoms with Gasteiger partial charge in [0.1, 0.15) is 6.54 Å². The first-order chi connectivity index (χ1) is 5.11. The average molecular weight is 159 g/mol. The van der Waals surface area contributed by atoms with Crippen LogP contribution in [-0.4, -0.2) is 49.6 Å². The van der Waals surface area contributed by atoms with E-state index in [0.29, 0.717) is 5.96 Å². The van der Waals surface area contributed by atoms with Crippen LogP contribution >= 0.6 is 0 Å². The summed E-state index contributed by atoms with van der Waals surface area (Å²) in [5.41, 5.74) is 0. The van der Waals surface area contributed by atoms with E-state index in [1.54, 1.807) is 21.1 Å². The van der Waals surface area contributed by atoms with Crippen LogP contribution in [0.5, 0.6) is 0 Å². The van der Waals surface area contributed by atoms with E-state index in [-0.39, 0.29) is 6.54 Å². The van der Waals surface area contributed by atoms with E-state index in [1.807, 2.05) is 0 Å². The fourth-order valence-corrected chi connectivity index (χ4v) is 0.751. The lowest BCUT2D eigenvalue weighted by Gasteiger charge is -2.17. The molecule has 5 heteroatoms. The Labute approximate surface area is 65.7 Å². The van der Waals surface area contributed by atoms with Gasteiger partial charge in [-0.1, -0.05) is 0 Å². The van der Waals surface area contributed by atoms with Crippen LogP contribution in [0.15, 0.2) is 4.99 Å². The lowest BCUT2D eigenvalue weighted by molar-refractivity contribution is -0.137. The average Bonchev–Trinajstić information content (AvgIpc) is 1.88. The molecular weight excluding hydrogens is 146 g/mol. The van der Waals surface area contributed by atoms with Crippen LogP contribution in [0, 0.1) is 0 Å². The first-order valence-corrected chi connectivity index (χ1v) is 3.19. The summed E-state index contributed by atoms with van der Waals surface area (Å²) in [6.45, 7) is -0.0481. The predicted octanol–water partition coefficient (Wildman–Crippen LogP) is -0.792. The Morgan fingerprint density at radius 1 is 1.73 bits per heavy atom. The molecule has 11 heavy (non-hydrogen) atoms. The van der Waals surface area contributed by atoms with Crippen molar-refractivity contribution in [2.75, 3.05) is 27.7 Å². The summed E-state index contributed by atoms with van der Waals surface area (Å²) in [6, 6.07) is 0. The van der Waals surface area contributed by atoms with E-state index >= 15 is 0 Å². The second kappa shape index (κ2) is 4.54. The topological polar surface area (TPSA) is 64.9 Å². The molecule has 0 aromatic heterocycles. The van der Waals surface area contributed by atoms with E-state index in [4.69, 9.17) is 5.11 Å². The Morgan fingerprint density at radius 3 is 2.55 bits per heavy atom. The van der Waals surface area contributed by atoms with E-state index in [1.165, 1.54) is 4.90 Å². The van der Waals surface area contributed by atoms with Gasteiger partial charge in [-0.2, -0.15) is 0 Å². The van der Waals surface area contributed by atoms with E-state index in [0.717, 1.165) is 0 Å². The van der Waals surface area contributed by atoms with Crippen LogP contribution in [0.4, 0.5) is 0 Å². The molecule has 0 rings (SSSR count). The van der Waals surface area contributed by atoms with Gasteiger partial charge in [0.15, 0.2) is 5.96 Å². The number of likely N-dealkylation sites (N-methyl/N-ethyl adjacent to an activating group) is 1. The van der Waals surface area contributed by atoms with Crippen LogP contribution in [0.2, 0.25) is 0 Å². The molecule has 0 aliphatic rings. The summed E-state index contributed by atoms with van der Waals surface area (Å²) < 4.78 is 0. The Bertz CT molecular complexity index is 167. The highest BCUT2D eigenvalue weighted by molar-refractivity contribution is 5.83. The second-order valence-corrected chi connectivity index (χ2v) is 2.05. The molecule has 0 spiro atoms. The molecule has 2 N–H and O–H groups in total.